The summed E-state index contributed by atoms with van der Waals surface area (Å²) in [5, 5.41) is 0. The Labute approximate surface area is 116 Å². The number of rotatable bonds is 8. The number of nitrogens with zero attached hydrogens (tertiary/aromatic N) is 1. The Morgan fingerprint density at radius 3 is 2.21 bits per heavy atom. The van der Waals surface area contributed by atoms with Gasteiger partial charge in [-0.3, -0.25) is 0 Å². The van der Waals surface area contributed by atoms with Crippen LogP contribution in [0, 0.1) is 0 Å². The fraction of sp³-hybridized carbons (Fsp3) is 0.571. The minimum Gasteiger partial charge on any atom is -0.326 e. The standard InChI is InChI=1S/C14H24N2O2S/c1-3-9-16(4-2)10-11-19(17,18)14-7-5-13(12-15)6-8-14/h5-8H,3-4,9-12,15H2,1-2H3. The van der Waals surface area contributed by atoms with Crippen LogP contribution in [0.3, 0.4) is 0 Å². The van der Waals surface area contributed by atoms with Gasteiger partial charge in [0.15, 0.2) is 9.84 Å². The SMILES string of the molecule is CCCN(CC)CCS(=O)(=O)c1ccc(CN)cc1. The quantitative estimate of drug-likeness (QED) is 0.788. The molecule has 0 radical (unpaired) electrons. The molecule has 1 rings (SSSR count). The minimum atomic E-state index is -3.19. The Morgan fingerprint density at radius 2 is 1.74 bits per heavy atom. The predicted octanol–water partition coefficient (Wildman–Crippen LogP) is 1.65. The van der Waals surface area contributed by atoms with E-state index in [-0.39, 0.29) is 5.75 Å². The highest BCUT2D eigenvalue weighted by Gasteiger charge is 2.15. The molecule has 0 aliphatic heterocycles. The molecule has 0 saturated carbocycles. The lowest BCUT2D eigenvalue weighted by Gasteiger charge is -2.19. The van der Waals surface area contributed by atoms with E-state index in [0.29, 0.717) is 18.0 Å². The van der Waals surface area contributed by atoms with Crippen LogP contribution in [-0.4, -0.2) is 38.7 Å². The lowest BCUT2D eigenvalue weighted by atomic mass is 10.2. The minimum absolute atomic E-state index is 0.169. The zero-order valence-corrected chi connectivity index (χ0v) is 12.6. The summed E-state index contributed by atoms with van der Waals surface area (Å²) in [5.41, 5.74) is 6.45. The van der Waals surface area contributed by atoms with Crippen molar-refractivity contribution >= 4 is 9.84 Å². The fourth-order valence-corrected chi connectivity index (χ4v) is 3.23. The zero-order chi connectivity index (χ0) is 14.3. The molecular formula is C14H24N2O2S. The van der Waals surface area contributed by atoms with Crippen LogP contribution in [0.2, 0.25) is 0 Å². The van der Waals surface area contributed by atoms with Crippen molar-refractivity contribution in [1.29, 1.82) is 0 Å². The van der Waals surface area contributed by atoms with Crippen LogP contribution in [0.15, 0.2) is 29.2 Å². The topological polar surface area (TPSA) is 63.4 Å². The molecule has 0 fully saturated rings. The van der Waals surface area contributed by atoms with Crippen molar-refractivity contribution in [3.63, 3.8) is 0 Å². The van der Waals surface area contributed by atoms with Crippen LogP contribution in [0.5, 0.6) is 0 Å². The Morgan fingerprint density at radius 1 is 1.11 bits per heavy atom. The Hall–Kier alpha value is -0.910. The predicted molar refractivity (Wildman–Crippen MR) is 78.8 cm³/mol. The van der Waals surface area contributed by atoms with Crippen molar-refractivity contribution in [2.45, 2.75) is 31.7 Å². The van der Waals surface area contributed by atoms with Gasteiger partial charge in [-0.1, -0.05) is 26.0 Å². The number of nitrogens with two attached hydrogens (primary N) is 1. The van der Waals surface area contributed by atoms with Crippen LogP contribution in [0.25, 0.3) is 0 Å². The molecule has 0 bridgehead atoms. The molecule has 0 atom stereocenters. The average Bonchev–Trinajstić information content (AvgIpc) is 2.43. The number of hydrogen-bond donors (Lipinski definition) is 1. The van der Waals surface area contributed by atoms with Gasteiger partial charge in [0.1, 0.15) is 0 Å². The smallest absolute Gasteiger partial charge is 0.179 e. The van der Waals surface area contributed by atoms with Gasteiger partial charge < -0.3 is 10.6 Å². The molecule has 0 unspecified atom stereocenters. The Balaban J connectivity index is 2.69. The third kappa shape index (κ3) is 4.93. The van der Waals surface area contributed by atoms with Crippen LogP contribution in [0.1, 0.15) is 25.8 Å². The highest BCUT2D eigenvalue weighted by molar-refractivity contribution is 7.91. The second-order valence-corrected chi connectivity index (χ2v) is 6.71. The molecule has 0 amide bonds. The second kappa shape index (κ2) is 7.62. The first-order chi connectivity index (χ1) is 9.03. The molecule has 4 nitrogen and oxygen atoms in total. The molecule has 1 aromatic rings. The van der Waals surface area contributed by atoms with Gasteiger partial charge in [-0.05, 0) is 37.2 Å². The van der Waals surface area contributed by atoms with Crippen LogP contribution in [-0.2, 0) is 16.4 Å². The molecule has 0 spiro atoms. The van der Waals surface area contributed by atoms with Gasteiger partial charge in [-0.25, -0.2) is 8.42 Å². The molecule has 0 saturated heterocycles. The molecule has 19 heavy (non-hydrogen) atoms. The number of benzene rings is 1. The first-order valence-corrected chi connectivity index (χ1v) is 8.42. The van der Waals surface area contributed by atoms with Crippen LogP contribution >= 0.6 is 0 Å². The third-order valence-corrected chi connectivity index (χ3v) is 4.89. The molecule has 0 aliphatic rings. The summed E-state index contributed by atoms with van der Waals surface area (Å²) in [7, 11) is -3.19. The van der Waals surface area contributed by atoms with Gasteiger partial charge in [-0.2, -0.15) is 0 Å². The maximum absolute atomic E-state index is 12.2. The number of sulfone groups is 1. The normalized spacial score (nSPS) is 12.0. The van der Waals surface area contributed by atoms with Crippen molar-refractivity contribution < 1.29 is 8.42 Å². The lowest BCUT2D eigenvalue weighted by molar-refractivity contribution is 0.305. The molecule has 1 aromatic carbocycles. The maximum Gasteiger partial charge on any atom is 0.179 e. The van der Waals surface area contributed by atoms with E-state index in [0.717, 1.165) is 25.1 Å². The van der Waals surface area contributed by atoms with Crippen molar-refractivity contribution in [2.75, 3.05) is 25.4 Å². The first-order valence-electron chi connectivity index (χ1n) is 6.77. The van der Waals surface area contributed by atoms with Crippen molar-refractivity contribution in [3.8, 4) is 0 Å². The Bertz CT molecular complexity index is 469. The van der Waals surface area contributed by atoms with Gasteiger partial charge in [-0.15, -0.1) is 0 Å². The van der Waals surface area contributed by atoms with Gasteiger partial charge >= 0.3 is 0 Å². The van der Waals surface area contributed by atoms with E-state index >= 15 is 0 Å². The second-order valence-electron chi connectivity index (χ2n) is 4.60. The summed E-state index contributed by atoms with van der Waals surface area (Å²) in [6.07, 6.45) is 1.04. The van der Waals surface area contributed by atoms with E-state index in [9.17, 15) is 8.42 Å². The highest BCUT2D eigenvalue weighted by Crippen LogP contribution is 2.12. The summed E-state index contributed by atoms with van der Waals surface area (Å²) in [6, 6.07) is 6.84. The van der Waals surface area contributed by atoms with Gasteiger partial charge in [0.2, 0.25) is 0 Å². The molecule has 108 valence electrons. The average molecular weight is 284 g/mol. The van der Waals surface area contributed by atoms with Gasteiger partial charge in [0.25, 0.3) is 0 Å². The highest BCUT2D eigenvalue weighted by atomic mass is 32.2. The summed E-state index contributed by atoms with van der Waals surface area (Å²) < 4.78 is 24.4. The summed E-state index contributed by atoms with van der Waals surface area (Å²) >= 11 is 0. The zero-order valence-electron chi connectivity index (χ0n) is 11.8. The van der Waals surface area contributed by atoms with E-state index in [4.69, 9.17) is 5.73 Å². The van der Waals surface area contributed by atoms with Crippen molar-refractivity contribution in [3.05, 3.63) is 29.8 Å². The van der Waals surface area contributed by atoms with Gasteiger partial charge in [0, 0.05) is 13.1 Å². The summed E-state index contributed by atoms with van der Waals surface area (Å²) in [4.78, 5) is 2.54. The Kier molecular flexibility index (Phi) is 6.48. The molecule has 2 N–H and O–H groups in total. The molecule has 0 aromatic heterocycles. The maximum atomic E-state index is 12.2. The molecule has 0 aliphatic carbocycles. The van der Waals surface area contributed by atoms with E-state index < -0.39 is 9.84 Å². The van der Waals surface area contributed by atoms with E-state index in [1.54, 1.807) is 24.3 Å². The molecular weight excluding hydrogens is 260 g/mol. The number of hydrogen-bond acceptors (Lipinski definition) is 4. The monoisotopic (exact) mass is 284 g/mol. The molecule has 0 heterocycles. The van der Waals surface area contributed by atoms with Gasteiger partial charge in [0.05, 0.1) is 10.6 Å². The summed E-state index contributed by atoms with van der Waals surface area (Å²) in [6.45, 7) is 7.00. The lowest BCUT2D eigenvalue weighted by Crippen LogP contribution is -2.30. The van der Waals surface area contributed by atoms with E-state index in [1.807, 2.05) is 0 Å². The van der Waals surface area contributed by atoms with E-state index in [2.05, 4.69) is 18.7 Å². The third-order valence-electron chi connectivity index (χ3n) is 3.18. The fourth-order valence-electron chi connectivity index (χ4n) is 1.94. The van der Waals surface area contributed by atoms with E-state index in [1.165, 1.54) is 0 Å². The largest absolute Gasteiger partial charge is 0.326 e. The van der Waals surface area contributed by atoms with Crippen molar-refractivity contribution in [1.82, 2.24) is 4.90 Å². The first kappa shape index (κ1) is 16.1. The van der Waals surface area contributed by atoms with Crippen molar-refractivity contribution in [2.24, 2.45) is 5.73 Å². The van der Waals surface area contributed by atoms with Crippen LogP contribution in [0.4, 0.5) is 0 Å². The van der Waals surface area contributed by atoms with Crippen LogP contribution < -0.4 is 5.73 Å². The summed E-state index contributed by atoms with van der Waals surface area (Å²) in [5.74, 6) is 0.169. The molecule has 5 heteroatoms.